The number of aryl methyl sites for hydroxylation is 1. The summed E-state index contributed by atoms with van der Waals surface area (Å²) in [5.74, 6) is 0. The normalized spacial score (nSPS) is 14.1. The molecule has 0 fully saturated rings. The smallest absolute Gasteiger partial charge is 0.0248 e. The molecule has 1 aliphatic rings. The van der Waals surface area contributed by atoms with Crippen molar-refractivity contribution in [1.29, 1.82) is 0 Å². The minimum absolute atomic E-state index is 1.10. The van der Waals surface area contributed by atoms with Crippen molar-refractivity contribution >= 4 is 21.5 Å². The van der Waals surface area contributed by atoms with E-state index >= 15 is 0 Å². The minimum atomic E-state index is 1.10. The Labute approximate surface area is 94.2 Å². The minimum Gasteiger partial charge on any atom is -0.0765 e. The highest BCUT2D eigenvalue weighted by Gasteiger charge is 2.15. The monoisotopic (exact) mass is 250 g/mol. The van der Waals surface area contributed by atoms with E-state index in [9.17, 15) is 0 Å². The first-order valence-corrected chi connectivity index (χ1v) is 6.00. The van der Waals surface area contributed by atoms with E-state index in [-0.39, 0.29) is 0 Å². The molecule has 1 aromatic carbocycles. The highest BCUT2D eigenvalue weighted by Crippen LogP contribution is 2.34. The molecule has 0 amide bonds. The van der Waals surface area contributed by atoms with Crippen LogP contribution < -0.4 is 0 Å². The van der Waals surface area contributed by atoms with Gasteiger partial charge in [-0.1, -0.05) is 47.5 Å². The Bertz CT molecular complexity index is 388. The van der Waals surface area contributed by atoms with Crippen LogP contribution in [0.25, 0.3) is 5.57 Å². The summed E-state index contributed by atoms with van der Waals surface area (Å²) < 4.78 is 1.34. The molecule has 0 radical (unpaired) electrons. The van der Waals surface area contributed by atoms with Crippen LogP contribution in [0.1, 0.15) is 37.0 Å². The average Bonchev–Trinajstić information content (AvgIpc) is 2.54. The summed E-state index contributed by atoms with van der Waals surface area (Å²) in [6.07, 6.45) is 5.79. The Hall–Kier alpha value is -0.560. The molecule has 0 atom stereocenters. The molecule has 0 saturated heterocycles. The Morgan fingerprint density at radius 2 is 2.14 bits per heavy atom. The Kier molecular flexibility index (Phi) is 2.78. The topological polar surface area (TPSA) is 0 Å². The third kappa shape index (κ3) is 1.54. The van der Waals surface area contributed by atoms with Crippen molar-refractivity contribution in [3.63, 3.8) is 0 Å². The van der Waals surface area contributed by atoms with Crippen LogP contribution in [-0.4, -0.2) is 0 Å². The number of allylic oxidation sites excluding steroid dienone is 2. The van der Waals surface area contributed by atoms with Gasteiger partial charge in [0.25, 0.3) is 0 Å². The first-order valence-electron chi connectivity index (χ1n) is 5.21. The molecule has 74 valence electrons. The molecule has 0 heterocycles. The van der Waals surface area contributed by atoms with E-state index in [2.05, 4.69) is 48.0 Å². The van der Waals surface area contributed by atoms with Gasteiger partial charge in [-0.15, -0.1) is 0 Å². The van der Waals surface area contributed by atoms with Gasteiger partial charge in [-0.3, -0.25) is 0 Å². The van der Waals surface area contributed by atoms with E-state index in [0.717, 1.165) is 6.42 Å². The summed E-state index contributed by atoms with van der Waals surface area (Å²) in [5, 5.41) is 0. The molecule has 0 bridgehead atoms. The fraction of sp³-hybridized carbons (Fsp3) is 0.385. The van der Waals surface area contributed by atoms with Crippen LogP contribution in [0, 0.1) is 0 Å². The van der Waals surface area contributed by atoms with Crippen LogP contribution in [0.4, 0.5) is 0 Å². The van der Waals surface area contributed by atoms with Gasteiger partial charge in [0, 0.05) is 4.47 Å². The molecule has 0 aromatic heterocycles. The molecular formula is C13H15Br. The summed E-state index contributed by atoms with van der Waals surface area (Å²) in [5.41, 5.74) is 5.78. The Morgan fingerprint density at radius 3 is 2.86 bits per heavy atom. The van der Waals surface area contributed by atoms with Gasteiger partial charge in [-0.2, -0.15) is 0 Å². The maximum Gasteiger partial charge on any atom is 0.0248 e. The molecule has 1 aliphatic carbocycles. The van der Waals surface area contributed by atoms with Crippen LogP contribution in [0.5, 0.6) is 0 Å². The molecular weight excluding hydrogens is 236 g/mol. The van der Waals surface area contributed by atoms with E-state index in [4.69, 9.17) is 0 Å². The summed E-state index contributed by atoms with van der Waals surface area (Å²) >= 11 is 3.73. The molecule has 0 saturated carbocycles. The second kappa shape index (κ2) is 3.90. The van der Waals surface area contributed by atoms with Crippen molar-refractivity contribution in [2.24, 2.45) is 0 Å². The third-order valence-electron chi connectivity index (χ3n) is 2.88. The number of hydrogen-bond acceptors (Lipinski definition) is 0. The van der Waals surface area contributed by atoms with Gasteiger partial charge < -0.3 is 0 Å². The Balaban J connectivity index is 2.45. The zero-order chi connectivity index (χ0) is 10.1. The van der Waals surface area contributed by atoms with Gasteiger partial charge >= 0.3 is 0 Å². The molecule has 0 nitrogen and oxygen atoms in total. The van der Waals surface area contributed by atoms with Gasteiger partial charge in [0.05, 0.1) is 0 Å². The number of halogens is 1. The fourth-order valence-electron chi connectivity index (χ4n) is 2.07. The SMILES string of the molecule is CCCc1ccc2c(c1Br)CC=C2C. The van der Waals surface area contributed by atoms with E-state index < -0.39 is 0 Å². The maximum absolute atomic E-state index is 3.73. The van der Waals surface area contributed by atoms with Crippen molar-refractivity contribution in [2.75, 3.05) is 0 Å². The van der Waals surface area contributed by atoms with Crippen molar-refractivity contribution in [3.05, 3.63) is 39.4 Å². The van der Waals surface area contributed by atoms with Crippen molar-refractivity contribution in [1.82, 2.24) is 0 Å². The summed E-state index contributed by atoms with van der Waals surface area (Å²) in [6.45, 7) is 4.42. The third-order valence-corrected chi connectivity index (χ3v) is 3.87. The molecule has 0 unspecified atom stereocenters. The molecule has 1 aromatic rings. The number of rotatable bonds is 2. The first-order chi connectivity index (χ1) is 6.74. The van der Waals surface area contributed by atoms with E-state index in [1.807, 2.05) is 0 Å². The molecule has 14 heavy (non-hydrogen) atoms. The van der Waals surface area contributed by atoms with Crippen LogP contribution >= 0.6 is 15.9 Å². The predicted octanol–water partition coefficient (Wildman–Crippen LogP) is 4.36. The van der Waals surface area contributed by atoms with Gasteiger partial charge in [0.15, 0.2) is 0 Å². The molecule has 1 heteroatoms. The molecule has 0 N–H and O–H groups in total. The largest absolute Gasteiger partial charge is 0.0765 e. The first kappa shape index (κ1) is 9.97. The lowest BCUT2D eigenvalue weighted by molar-refractivity contribution is 0.913. The zero-order valence-corrected chi connectivity index (χ0v) is 10.3. The lowest BCUT2D eigenvalue weighted by Gasteiger charge is -2.09. The Morgan fingerprint density at radius 1 is 1.36 bits per heavy atom. The lowest BCUT2D eigenvalue weighted by Crippen LogP contribution is -1.92. The van der Waals surface area contributed by atoms with Gasteiger partial charge in [-0.05, 0) is 42.0 Å². The number of benzene rings is 1. The standard InChI is InChI=1S/C13H15Br/c1-3-4-10-6-8-11-9(2)5-7-12(11)13(10)14/h5-6,8H,3-4,7H2,1-2H3. The van der Waals surface area contributed by atoms with Crippen LogP contribution in [0.15, 0.2) is 22.7 Å². The van der Waals surface area contributed by atoms with E-state index in [0.29, 0.717) is 0 Å². The summed E-state index contributed by atoms with van der Waals surface area (Å²) in [6, 6.07) is 4.53. The maximum atomic E-state index is 3.73. The van der Waals surface area contributed by atoms with E-state index in [1.54, 1.807) is 0 Å². The van der Waals surface area contributed by atoms with Crippen LogP contribution in [0.3, 0.4) is 0 Å². The lowest BCUT2D eigenvalue weighted by atomic mass is 10.0. The van der Waals surface area contributed by atoms with Crippen molar-refractivity contribution in [2.45, 2.75) is 33.1 Å². The quantitative estimate of drug-likeness (QED) is 0.732. The summed E-state index contributed by atoms with van der Waals surface area (Å²) in [4.78, 5) is 0. The van der Waals surface area contributed by atoms with Gasteiger partial charge in [0.1, 0.15) is 0 Å². The van der Waals surface area contributed by atoms with E-state index in [1.165, 1.54) is 39.6 Å². The second-order valence-electron chi connectivity index (χ2n) is 3.91. The highest BCUT2D eigenvalue weighted by molar-refractivity contribution is 9.10. The van der Waals surface area contributed by atoms with Crippen LogP contribution in [0.2, 0.25) is 0 Å². The fourth-order valence-corrected chi connectivity index (χ4v) is 2.77. The molecule has 2 rings (SSSR count). The number of hydrogen-bond donors (Lipinski definition) is 0. The van der Waals surface area contributed by atoms with Crippen molar-refractivity contribution < 1.29 is 0 Å². The molecule has 0 spiro atoms. The average molecular weight is 251 g/mol. The van der Waals surface area contributed by atoms with Crippen LogP contribution in [-0.2, 0) is 12.8 Å². The van der Waals surface area contributed by atoms with Gasteiger partial charge in [-0.25, -0.2) is 0 Å². The second-order valence-corrected chi connectivity index (χ2v) is 4.70. The highest BCUT2D eigenvalue weighted by atomic mass is 79.9. The zero-order valence-electron chi connectivity index (χ0n) is 8.73. The van der Waals surface area contributed by atoms with Crippen molar-refractivity contribution in [3.8, 4) is 0 Å². The summed E-state index contributed by atoms with van der Waals surface area (Å²) in [7, 11) is 0. The number of fused-ring (bicyclic) bond motifs is 1. The molecule has 0 aliphatic heterocycles. The van der Waals surface area contributed by atoms with Gasteiger partial charge in [0.2, 0.25) is 0 Å². The predicted molar refractivity (Wildman–Crippen MR) is 65.5 cm³/mol.